The number of nitrogens with zero attached hydrogens (tertiary/aromatic N) is 1. The summed E-state index contributed by atoms with van der Waals surface area (Å²) in [4.78, 5) is 2.40. The van der Waals surface area contributed by atoms with Crippen molar-refractivity contribution in [1.82, 2.24) is 0 Å². The Morgan fingerprint density at radius 3 is 1.59 bits per heavy atom. The van der Waals surface area contributed by atoms with Gasteiger partial charge in [-0.15, -0.1) is 11.3 Å². The second-order valence-corrected chi connectivity index (χ2v) is 14.8. The molecule has 0 saturated heterocycles. The molecule has 0 aliphatic heterocycles. The van der Waals surface area contributed by atoms with Crippen LogP contribution < -0.4 is 4.90 Å². The van der Waals surface area contributed by atoms with Crippen LogP contribution in [-0.2, 0) is 0 Å². The first-order valence-corrected chi connectivity index (χ1v) is 19.2. The van der Waals surface area contributed by atoms with Gasteiger partial charge >= 0.3 is 0 Å². The van der Waals surface area contributed by atoms with E-state index in [-0.39, 0.29) is 0 Å². The van der Waals surface area contributed by atoms with Crippen LogP contribution in [0, 0.1) is 0 Å². The largest absolute Gasteiger partial charge is 0.310 e. The smallest absolute Gasteiger partial charge is 0.0540 e. The minimum Gasteiger partial charge on any atom is -0.310 e. The van der Waals surface area contributed by atoms with E-state index >= 15 is 0 Å². The lowest BCUT2D eigenvalue weighted by Crippen LogP contribution is -2.11. The van der Waals surface area contributed by atoms with Crippen molar-refractivity contribution in [2.45, 2.75) is 0 Å². The monoisotopic (exact) mass is 705 g/mol. The number of anilines is 3. The van der Waals surface area contributed by atoms with Gasteiger partial charge in [-0.2, -0.15) is 0 Å². The van der Waals surface area contributed by atoms with Crippen molar-refractivity contribution in [1.29, 1.82) is 0 Å². The van der Waals surface area contributed by atoms with Crippen LogP contribution in [0.25, 0.3) is 75.5 Å². The van der Waals surface area contributed by atoms with Crippen LogP contribution in [0.2, 0.25) is 0 Å². The van der Waals surface area contributed by atoms with Crippen molar-refractivity contribution in [3.8, 4) is 44.5 Å². The molecule has 0 spiro atoms. The molecule has 1 nitrogen and oxygen atoms in total. The lowest BCUT2D eigenvalue weighted by molar-refractivity contribution is 1.28. The standard InChI is InChI=1S/C52H35NS/c1-2-12-36(13-3-1)38-24-29-43(30-25-38)53(50-20-10-8-18-47(50)42-28-33-49-48-19-9-11-21-51(48)54-52(49)35-42)44-31-26-39(27-32-44)45-16-6-7-17-46(45)41-23-22-37-14-4-5-15-40(37)34-41/h1-35H. The molecule has 0 saturated carbocycles. The highest BCUT2D eigenvalue weighted by atomic mass is 32.1. The average Bonchev–Trinajstić information content (AvgIpc) is 3.63. The van der Waals surface area contributed by atoms with Gasteiger partial charge in [-0.3, -0.25) is 0 Å². The highest BCUT2D eigenvalue weighted by Crippen LogP contribution is 2.44. The normalized spacial score (nSPS) is 11.3. The highest BCUT2D eigenvalue weighted by Gasteiger charge is 2.19. The van der Waals surface area contributed by atoms with Crippen molar-refractivity contribution in [3.05, 3.63) is 212 Å². The van der Waals surface area contributed by atoms with Crippen LogP contribution in [0.5, 0.6) is 0 Å². The molecule has 0 bridgehead atoms. The first-order chi connectivity index (χ1) is 26.8. The lowest BCUT2D eigenvalue weighted by atomic mass is 9.93. The molecule has 1 aromatic heterocycles. The van der Waals surface area contributed by atoms with E-state index in [4.69, 9.17) is 0 Å². The minimum absolute atomic E-state index is 1.10. The SMILES string of the molecule is c1ccc(-c2ccc(N(c3ccc(-c4ccccc4-c4ccc5ccccc5c4)cc3)c3ccccc3-c3ccc4c(c3)sc3ccccc34)cc2)cc1. The summed E-state index contributed by atoms with van der Waals surface area (Å²) in [5.74, 6) is 0. The summed E-state index contributed by atoms with van der Waals surface area (Å²) in [6.07, 6.45) is 0. The van der Waals surface area contributed by atoms with Crippen molar-refractivity contribution < 1.29 is 0 Å². The number of benzene rings is 9. The topological polar surface area (TPSA) is 3.24 Å². The molecule has 0 aliphatic rings. The number of hydrogen-bond acceptors (Lipinski definition) is 2. The van der Waals surface area contributed by atoms with Crippen molar-refractivity contribution in [3.63, 3.8) is 0 Å². The Morgan fingerprint density at radius 2 is 0.815 bits per heavy atom. The molecule has 10 rings (SSSR count). The number of thiophene rings is 1. The molecule has 0 radical (unpaired) electrons. The molecule has 0 unspecified atom stereocenters. The molecular formula is C52H35NS. The zero-order valence-electron chi connectivity index (χ0n) is 29.6. The fourth-order valence-corrected chi connectivity index (χ4v) is 8.95. The van der Waals surface area contributed by atoms with Gasteiger partial charge in [0.2, 0.25) is 0 Å². The molecule has 0 aliphatic carbocycles. The van der Waals surface area contributed by atoms with Gasteiger partial charge in [0.25, 0.3) is 0 Å². The third kappa shape index (κ3) is 5.84. The molecule has 0 amide bonds. The summed E-state index contributed by atoms with van der Waals surface area (Å²) in [6, 6.07) is 77.2. The molecule has 1 heterocycles. The first-order valence-electron chi connectivity index (χ1n) is 18.4. The molecule has 9 aromatic carbocycles. The molecule has 10 aromatic rings. The Bertz CT molecular complexity index is 2920. The van der Waals surface area contributed by atoms with Gasteiger partial charge in [0.05, 0.1) is 5.69 Å². The van der Waals surface area contributed by atoms with E-state index in [1.807, 2.05) is 11.3 Å². The summed E-state index contributed by atoms with van der Waals surface area (Å²) >= 11 is 1.86. The van der Waals surface area contributed by atoms with Crippen molar-refractivity contribution in [2.24, 2.45) is 0 Å². The van der Waals surface area contributed by atoms with Gasteiger partial charge in [0.15, 0.2) is 0 Å². The van der Waals surface area contributed by atoms with Crippen LogP contribution in [0.1, 0.15) is 0 Å². The van der Waals surface area contributed by atoms with Crippen LogP contribution in [0.15, 0.2) is 212 Å². The van der Waals surface area contributed by atoms with Gasteiger partial charge in [-0.25, -0.2) is 0 Å². The van der Waals surface area contributed by atoms with E-state index in [0.29, 0.717) is 0 Å². The number of rotatable bonds is 7. The number of hydrogen-bond donors (Lipinski definition) is 0. The molecule has 2 heteroatoms. The molecule has 0 atom stereocenters. The average molecular weight is 706 g/mol. The molecule has 0 fully saturated rings. The van der Waals surface area contributed by atoms with E-state index in [1.165, 1.54) is 75.5 Å². The maximum Gasteiger partial charge on any atom is 0.0540 e. The van der Waals surface area contributed by atoms with Crippen molar-refractivity contribution >= 4 is 59.3 Å². The number of fused-ring (bicyclic) bond motifs is 4. The van der Waals surface area contributed by atoms with Gasteiger partial charge in [0, 0.05) is 37.1 Å². The highest BCUT2D eigenvalue weighted by molar-refractivity contribution is 7.25. The molecular weight excluding hydrogens is 671 g/mol. The molecule has 254 valence electrons. The summed E-state index contributed by atoms with van der Waals surface area (Å²) in [7, 11) is 0. The maximum absolute atomic E-state index is 2.40. The van der Waals surface area contributed by atoms with Crippen LogP contribution >= 0.6 is 11.3 Å². The van der Waals surface area contributed by atoms with E-state index in [1.54, 1.807) is 0 Å². The third-order valence-electron chi connectivity index (χ3n) is 10.5. The van der Waals surface area contributed by atoms with Crippen LogP contribution in [0.3, 0.4) is 0 Å². The van der Waals surface area contributed by atoms with E-state index in [2.05, 4.69) is 217 Å². The summed E-state index contributed by atoms with van der Waals surface area (Å²) in [6.45, 7) is 0. The summed E-state index contributed by atoms with van der Waals surface area (Å²) in [5, 5.41) is 5.13. The van der Waals surface area contributed by atoms with Gasteiger partial charge in [0.1, 0.15) is 0 Å². The predicted octanol–water partition coefficient (Wildman–Crippen LogP) is 15.3. The Morgan fingerprint density at radius 1 is 0.296 bits per heavy atom. The van der Waals surface area contributed by atoms with E-state index in [9.17, 15) is 0 Å². The van der Waals surface area contributed by atoms with E-state index < -0.39 is 0 Å². The van der Waals surface area contributed by atoms with Gasteiger partial charge in [-0.1, -0.05) is 164 Å². The molecule has 0 N–H and O–H groups in total. The first kappa shape index (κ1) is 32.0. The quantitative estimate of drug-likeness (QED) is 0.160. The Labute approximate surface area is 319 Å². The lowest BCUT2D eigenvalue weighted by Gasteiger charge is -2.28. The molecule has 54 heavy (non-hydrogen) atoms. The fraction of sp³-hybridized carbons (Fsp3) is 0. The van der Waals surface area contributed by atoms with Crippen LogP contribution in [-0.4, -0.2) is 0 Å². The predicted molar refractivity (Wildman–Crippen MR) is 233 cm³/mol. The summed E-state index contributed by atoms with van der Waals surface area (Å²) < 4.78 is 2.62. The van der Waals surface area contributed by atoms with Gasteiger partial charge in [-0.05, 0) is 98.2 Å². The third-order valence-corrected chi connectivity index (χ3v) is 11.6. The van der Waals surface area contributed by atoms with Crippen LogP contribution in [0.4, 0.5) is 17.1 Å². The zero-order valence-corrected chi connectivity index (χ0v) is 30.4. The second kappa shape index (κ2) is 13.7. The van der Waals surface area contributed by atoms with Crippen molar-refractivity contribution in [2.75, 3.05) is 4.90 Å². The Hall–Kier alpha value is -6.74. The fourth-order valence-electron chi connectivity index (χ4n) is 7.80. The second-order valence-electron chi connectivity index (χ2n) is 13.7. The Balaban J connectivity index is 1.09. The summed E-state index contributed by atoms with van der Waals surface area (Å²) in [5.41, 5.74) is 13.0. The number of para-hydroxylation sites is 1. The maximum atomic E-state index is 2.40. The Kier molecular flexibility index (Phi) is 8.09. The van der Waals surface area contributed by atoms with E-state index in [0.717, 1.165) is 17.1 Å². The minimum atomic E-state index is 1.10. The zero-order chi connectivity index (χ0) is 35.8. The van der Waals surface area contributed by atoms with Gasteiger partial charge < -0.3 is 4.90 Å².